The number of rotatable bonds is 3. The van der Waals surface area contributed by atoms with Crippen molar-refractivity contribution < 1.29 is 17.9 Å². The Morgan fingerprint density at radius 1 is 1.33 bits per heavy atom. The van der Waals surface area contributed by atoms with Crippen LogP contribution in [0.15, 0.2) is 22.7 Å². The Morgan fingerprint density at radius 2 is 2.00 bits per heavy atom. The summed E-state index contributed by atoms with van der Waals surface area (Å²) < 4.78 is 44.2. The highest BCUT2D eigenvalue weighted by atomic mass is 79.9. The molecule has 6 heteroatoms. The summed E-state index contributed by atoms with van der Waals surface area (Å²) >= 11 is 3.19. The number of ether oxygens (including phenoxy) is 1. The molecule has 0 amide bonds. The zero-order chi connectivity index (χ0) is 13.3. The number of hydrogen-bond acceptors (Lipinski definition) is 2. The van der Waals surface area contributed by atoms with Crippen molar-refractivity contribution in [2.75, 3.05) is 12.4 Å². The molecule has 0 aliphatic heterocycles. The molecular formula is C12H13BrF3NO. The molecule has 2 rings (SSSR count). The van der Waals surface area contributed by atoms with Crippen molar-refractivity contribution in [3.63, 3.8) is 0 Å². The zero-order valence-corrected chi connectivity index (χ0v) is 11.3. The summed E-state index contributed by atoms with van der Waals surface area (Å²) in [4.78, 5) is 0. The highest BCUT2D eigenvalue weighted by Crippen LogP contribution is 2.38. The number of alkyl halides is 3. The molecule has 1 aromatic rings. The van der Waals surface area contributed by atoms with E-state index in [0.717, 1.165) is 18.9 Å². The van der Waals surface area contributed by atoms with Gasteiger partial charge in [-0.25, -0.2) is 0 Å². The van der Waals surface area contributed by atoms with Gasteiger partial charge in [0.25, 0.3) is 0 Å². The average Bonchev–Trinajstić information content (AvgIpc) is 2.21. The van der Waals surface area contributed by atoms with Crippen molar-refractivity contribution in [1.29, 1.82) is 0 Å². The Kier molecular flexibility index (Phi) is 3.87. The molecule has 18 heavy (non-hydrogen) atoms. The Balaban J connectivity index is 2.14. The molecule has 0 saturated heterocycles. The second kappa shape index (κ2) is 5.09. The summed E-state index contributed by atoms with van der Waals surface area (Å²) in [6.45, 7) is 0. The van der Waals surface area contributed by atoms with Gasteiger partial charge in [0.2, 0.25) is 0 Å². The SMILES string of the molecule is COC1CC(Nc2cc(Br)ccc2C(F)(F)F)C1. The lowest BCUT2D eigenvalue weighted by atomic mass is 9.89. The summed E-state index contributed by atoms with van der Waals surface area (Å²) in [5.41, 5.74) is -0.511. The lowest BCUT2D eigenvalue weighted by Gasteiger charge is -2.36. The molecule has 0 aromatic heterocycles. The Morgan fingerprint density at radius 3 is 2.56 bits per heavy atom. The molecule has 1 saturated carbocycles. The molecule has 100 valence electrons. The van der Waals surface area contributed by atoms with Crippen LogP contribution in [0.25, 0.3) is 0 Å². The first kappa shape index (κ1) is 13.7. The zero-order valence-electron chi connectivity index (χ0n) is 9.72. The molecule has 1 fully saturated rings. The maximum Gasteiger partial charge on any atom is 0.418 e. The van der Waals surface area contributed by atoms with Gasteiger partial charge in [0.1, 0.15) is 0 Å². The molecule has 0 atom stereocenters. The molecule has 1 aliphatic rings. The van der Waals surface area contributed by atoms with Gasteiger partial charge in [-0.2, -0.15) is 13.2 Å². The lowest BCUT2D eigenvalue weighted by molar-refractivity contribution is -0.137. The van der Waals surface area contributed by atoms with Crippen LogP contribution in [0.3, 0.4) is 0 Å². The van der Waals surface area contributed by atoms with Gasteiger partial charge in [-0.15, -0.1) is 0 Å². The first-order chi connectivity index (χ1) is 8.40. The van der Waals surface area contributed by atoms with E-state index >= 15 is 0 Å². The third kappa shape index (κ3) is 2.98. The predicted octanol–water partition coefficient (Wildman–Crippen LogP) is 4.06. The molecule has 1 aromatic carbocycles. The Bertz CT molecular complexity index is 430. The molecule has 0 heterocycles. The summed E-state index contributed by atoms with van der Waals surface area (Å²) in [6, 6.07) is 3.99. The van der Waals surface area contributed by atoms with Crippen LogP contribution in [-0.2, 0) is 10.9 Å². The maximum atomic E-state index is 12.8. The normalized spacial score (nSPS) is 23.6. The lowest BCUT2D eigenvalue weighted by Crippen LogP contribution is -2.40. The summed E-state index contributed by atoms with van der Waals surface area (Å²) in [5.74, 6) is 0. The molecule has 0 spiro atoms. The van der Waals surface area contributed by atoms with Gasteiger partial charge in [-0.1, -0.05) is 15.9 Å². The number of halogens is 4. The van der Waals surface area contributed by atoms with Crippen molar-refractivity contribution in [3.8, 4) is 0 Å². The third-order valence-electron chi connectivity index (χ3n) is 3.07. The minimum Gasteiger partial charge on any atom is -0.382 e. The van der Waals surface area contributed by atoms with Crippen LogP contribution in [0.5, 0.6) is 0 Å². The number of benzene rings is 1. The van der Waals surface area contributed by atoms with E-state index in [9.17, 15) is 13.2 Å². The van der Waals surface area contributed by atoms with Gasteiger partial charge >= 0.3 is 6.18 Å². The van der Waals surface area contributed by atoms with Crippen molar-refractivity contribution >= 4 is 21.6 Å². The second-order valence-electron chi connectivity index (χ2n) is 4.36. The minimum atomic E-state index is -4.34. The number of hydrogen-bond donors (Lipinski definition) is 1. The van der Waals surface area contributed by atoms with Crippen molar-refractivity contribution in [2.24, 2.45) is 0 Å². The molecule has 2 nitrogen and oxygen atoms in total. The van der Waals surface area contributed by atoms with Crippen LogP contribution in [0.1, 0.15) is 18.4 Å². The summed E-state index contributed by atoms with van der Waals surface area (Å²) in [6.07, 6.45) is -2.71. The fourth-order valence-electron chi connectivity index (χ4n) is 1.98. The smallest absolute Gasteiger partial charge is 0.382 e. The van der Waals surface area contributed by atoms with E-state index in [4.69, 9.17) is 4.74 Å². The molecule has 1 N–H and O–H groups in total. The van der Waals surface area contributed by atoms with E-state index in [1.807, 2.05) is 0 Å². The third-order valence-corrected chi connectivity index (χ3v) is 3.57. The minimum absolute atomic E-state index is 0.0466. The maximum absolute atomic E-state index is 12.8. The number of methoxy groups -OCH3 is 1. The highest BCUT2D eigenvalue weighted by molar-refractivity contribution is 9.10. The van der Waals surface area contributed by atoms with Crippen LogP contribution in [0.4, 0.5) is 18.9 Å². The molecular weight excluding hydrogens is 311 g/mol. The van der Waals surface area contributed by atoms with Gasteiger partial charge < -0.3 is 10.1 Å². The van der Waals surface area contributed by atoms with Crippen LogP contribution in [0, 0.1) is 0 Å². The summed E-state index contributed by atoms with van der Waals surface area (Å²) in [7, 11) is 1.61. The van der Waals surface area contributed by atoms with Crippen molar-refractivity contribution in [1.82, 2.24) is 0 Å². The largest absolute Gasteiger partial charge is 0.418 e. The van der Waals surface area contributed by atoms with E-state index in [2.05, 4.69) is 21.2 Å². The topological polar surface area (TPSA) is 21.3 Å². The summed E-state index contributed by atoms with van der Waals surface area (Å²) in [5, 5.41) is 2.93. The Labute approximate surface area is 112 Å². The Hall–Kier alpha value is -0.750. The quantitative estimate of drug-likeness (QED) is 0.905. The highest BCUT2D eigenvalue weighted by Gasteiger charge is 2.35. The van der Waals surface area contributed by atoms with E-state index in [1.54, 1.807) is 7.11 Å². The van der Waals surface area contributed by atoms with Crippen molar-refractivity contribution in [2.45, 2.75) is 31.2 Å². The predicted molar refractivity (Wildman–Crippen MR) is 66.6 cm³/mol. The average molecular weight is 324 g/mol. The van der Waals surface area contributed by atoms with E-state index < -0.39 is 11.7 Å². The van der Waals surface area contributed by atoms with E-state index in [1.165, 1.54) is 12.1 Å². The van der Waals surface area contributed by atoms with Gasteiger partial charge in [0.15, 0.2) is 0 Å². The number of anilines is 1. The molecule has 0 unspecified atom stereocenters. The first-order valence-electron chi connectivity index (χ1n) is 5.56. The molecule has 0 radical (unpaired) electrons. The monoisotopic (exact) mass is 323 g/mol. The number of nitrogens with one attached hydrogen (secondary N) is 1. The van der Waals surface area contributed by atoms with Gasteiger partial charge in [0, 0.05) is 23.3 Å². The fourth-order valence-corrected chi connectivity index (χ4v) is 2.34. The second-order valence-corrected chi connectivity index (χ2v) is 5.27. The van der Waals surface area contributed by atoms with Gasteiger partial charge in [-0.05, 0) is 31.0 Å². The van der Waals surface area contributed by atoms with E-state index in [0.29, 0.717) is 4.47 Å². The van der Waals surface area contributed by atoms with Crippen LogP contribution in [0.2, 0.25) is 0 Å². The van der Waals surface area contributed by atoms with Crippen LogP contribution >= 0.6 is 15.9 Å². The molecule has 0 bridgehead atoms. The van der Waals surface area contributed by atoms with Crippen LogP contribution < -0.4 is 5.32 Å². The van der Waals surface area contributed by atoms with Gasteiger partial charge in [0.05, 0.1) is 11.7 Å². The first-order valence-corrected chi connectivity index (χ1v) is 6.35. The van der Waals surface area contributed by atoms with E-state index in [-0.39, 0.29) is 17.8 Å². The standard InChI is InChI=1S/C12H13BrF3NO/c1-18-9-5-8(6-9)17-11-4-7(13)2-3-10(11)12(14,15)16/h2-4,8-9,17H,5-6H2,1H3. The van der Waals surface area contributed by atoms with Gasteiger partial charge in [-0.3, -0.25) is 0 Å². The fraction of sp³-hybridized carbons (Fsp3) is 0.500. The van der Waals surface area contributed by atoms with Crippen molar-refractivity contribution in [3.05, 3.63) is 28.2 Å². The molecule has 1 aliphatic carbocycles. The van der Waals surface area contributed by atoms with Crippen LogP contribution in [-0.4, -0.2) is 19.3 Å².